The van der Waals surface area contributed by atoms with E-state index in [4.69, 9.17) is 4.98 Å². The van der Waals surface area contributed by atoms with E-state index in [-0.39, 0.29) is 4.90 Å². The van der Waals surface area contributed by atoms with Crippen LogP contribution in [0.25, 0.3) is 21.9 Å². The third kappa shape index (κ3) is 4.28. The molecule has 5 aromatic rings. The third-order valence-electron chi connectivity index (χ3n) is 6.83. The second-order valence-electron chi connectivity index (χ2n) is 9.10. The summed E-state index contributed by atoms with van der Waals surface area (Å²) >= 11 is 0. The molecule has 0 radical (unpaired) electrons. The number of fused-ring (bicyclic) bond motifs is 2. The maximum absolute atomic E-state index is 13.5. The first-order chi connectivity index (χ1) is 17.6. The fourth-order valence-corrected chi connectivity index (χ4v) is 6.53. The molecule has 0 unspecified atom stereocenters. The highest BCUT2D eigenvalue weighted by Crippen LogP contribution is 2.25. The Bertz CT molecular complexity index is 1620. The van der Waals surface area contributed by atoms with Crippen molar-refractivity contribution in [2.45, 2.75) is 18.0 Å². The van der Waals surface area contributed by atoms with Gasteiger partial charge in [-0.3, -0.25) is 9.88 Å². The number of benzene rings is 3. The molecule has 6 rings (SSSR count). The van der Waals surface area contributed by atoms with Gasteiger partial charge in [-0.15, -0.1) is 0 Å². The van der Waals surface area contributed by atoms with Crippen molar-refractivity contribution in [3.8, 4) is 0 Å². The zero-order valence-corrected chi connectivity index (χ0v) is 20.7. The Kier molecular flexibility index (Phi) is 6.00. The fourth-order valence-electron chi connectivity index (χ4n) is 4.94. The average molecular weight is 498 g/mol. The smallest absolute Gasteiger partial charge is 0.245 e. The lowest BCUT2D eigenvalue weighted by Crippen LogP contribution is -2.48. The van der Waals surface area contributed by atoms with Crippen molar-refractivity contribution >= 4 is 32.0 Å². The van der Waals surface area contributed by atoms with Crippen LogP contribution in [0.1, 0.15) is 11.4 Å². The molecule has 0 aliphatic carbocycles. The van der Waals surface area contributed by atoms with Gasteiger partial charge in [-0.25, -0.2) is 13.4 Å². The van der Waals surface area contributed by atoms with Crippen molar-refractivity contribution in [1.82, 2.24) is 23.7 Å². The summed E-state index contributed by atoms with van der Waals surface area (Å²) in [7, 11) is -3.63. The topological polar surface area (TPSA) is 71.3 Å². The van der Waals surface area contributed by atoms with E-state index in [1.807, 2.05) is 42.5 Å². The number of rotatable bonds is 6. The average Bonchev–Trinajstić information content (AvgIpc) is 3.26. The molecule has 7 nitrogen and oxygen atoms in total. The second kappa shape index (κ2) is 9.46. The summed E-state index contributed by atoms with van der Waals surface area (Å²) in [6.07, 6.45) is 1.64. The first-order valence-corrected chi connectivity index (χ1v) is 13.6. The lowest BCUT2D eigenvalue weighted by molar-refractivity contribution is 0.177. The minimum atomic E-state index is -3.63. The Morgan fingerprint density at radius 3 is 2.33 bits per heavy atom. The molecule has 1 aliphatic rings. The van der Waals surface area contributed by atoms with E-state index in [0.29, 0.717) is 38.2 Å². The summed E-state index contributed by atoms with van der Waals surface area (Å²) in [4.78, 5) is 11.8. The van der Waals surface area contributed by atoms with Crippen molar-refractivity contribution < 1.29 is 8.42 Å². The lowest BCUT2D eigenvalue weighted by Gasteiger charge is -2.34. The van der Waals surface area contributed by atoms with Crippen molar-refractivity contribution in [2.24, 2.45) is 0 Å². The van der Waals surface area contributed by atoms with Gasteiger partial charge < -0.3 is 4.57 Å². The van der Waals surface area contributed by atoms with Crippen molar-refractivity contribution in [2.75, 3.05) is 26.2 Å². The van der Waals surface area contributed by atoms with Gasteiger partial charge in [-0.05, 0) is 29.8 Å². The number of sulfonamides is 1. The van der Waals surface area contributed by atoms with Crippen LogP contribution in [-0.2, 0) is 23.1 Å². The van der Waals surface area contributed by atoms with Gasteiger partial charge in [0.2, 0.25) is 10.0 Å². The van der Waals surface area contributed by atoms with Crippen LogP contribution >= 0.6 is 0 Å². The predicted octanol–water partition coefficient (Wildman–Crippen LogP) is 4.14. The maximum Gasteiger partial charge on any atom is 0.245 e. The van der Waals surface area contributed by atoms with Gasteiger partial charge in [0.1, 0.15) is 10.7 Å². The molecule has 0 N–H and O–H groups in total. The number of piperazine rings is 1. The third-order valence-corrected chi connectivity index (χ3v) is 8.76. The number of pyridine rings is 1. The van der Waals surface area contributed by atoms with E-state index >= 15 is 0 Å². The van der Waals surface area contributed by atoms with Crippen molar-refractivity contribution in [3.63, 3.8) is 0 Å². The summed E-state index contributed by atoms with van der Waals surface area (Å²) in [6, 6.07) is 27.6. The van der Waals surface area contributed by atoms with E-state index < -0.39 is 10.0 Å². The first-order valence-electron chi connectivity index (χ1n) is 12.1. The van der Waals surface area contributed by atoms with Gasteiger partial charge in [-0.1, -0.05) is 60.7 Å². The number of hydrogen-bond donors (Lipinski definition) is 0. The highest BCUT2D eigenvalue weighted by molar-refractivity contribution is 7.89. The van der Waals surface area contributed by atoms with Crippen LogP contribution in [0, 0.1) is 0 Å². The molecule has 3 heterocycles. The van der Waals surface area contributed by atoms with Crippen LogP contribution in [0.2, 0.25) is 0 Å². The van der Waals surface area contributed by atoms with Crippen molar-refractivity contribution in [1.29, 1.82) is 0 Å². The number of para-hydroxylation sites is 3. The first kappa shape index (κ1) is 22.8. The number of hydrogen-bond acceptors (Lipinski definition) is 5. The predicted molar refractivity (Wildman–Crippen MR) is 141 cm³/mol. The molecule has 0 atom stereocenters. The minimum Gasteiger partial charge on any atom is -0.322 e. The van der Waals surface area contributed by atoms with Crippen LogP contribution in [0.15, 0.2) is 96.0 Å². The quantitative estimate of drug-likeness (QED) is 0.353. The Morgan fingerprint density at radius 2 is 1.50 bits per heavy atom. The molecule has 0 saturated carbocycles. The summed E-state index contributed by atoms with van der Waals surface area (Å²) in [6.45, 7) is 3.58. The molecular weight excluding hydrogens is 470 g/mol. The molecule has 1 saturated heterocycles. The van der Waals surface area contributed by atoms with E-state index in [1.54, 1.807) is 22.6 Å². The summed E-state index contributed by atoms with van der Waals surface area (Å²) < 4.78 is 30.8. The molecule has 1 fully saturated rings. The second-order valence-corrected chi connectivity index (χ2v) is 11.0. The zero-order chi connectivity index (χ0) is 24.5. The molecule has 8 heteroatoms. The SMILES string of the molecule is O=S(=O)(c1cccc2cccnc12)N1CCN(Cc2nc3ccccc3n2Cc2ccccc2)CC1. The number of aromatic nitrogens is 3. The van der Waals surface area contributed by atoms with Gasteiger partial charge in [-0.2, -0.15) is 4.31 Å². The summed E-state index contributed by atoms with van der Waals surface area (Å²) in [5, 5.41) is 0.828. The Hall–Kier alpha value is -3.59. The van der Waals surface area contributed by atoms with E-state index in [2.05, 4.69) is 44.8 Å². The van der Waals surface area contributed by atoms with Gasteiger partial charge in [0, 0.05) is 44.3 Å². The van der Waals surface area contributed by atoms with Gasteiger partial charge in [0.25, 0.3) is 0 Å². The zero-order valence-electron chi connectivity index (χ0n) is 19.9. The molecule has 0 amide bonds. The molecular formula is C28H27N5O2S. The molecule has 3 aromatic carbocycles. The standard InChI is InChI=1S/C28H27N5O2S/c34-36(35,26-14-6-10-23-11-7-15-29-28(23)26)32-18-16-31(17-19-32)21-27-30-24-12-4-5-13-25(24)33(27)20-22-8-2-1-3-9-22/h1-15H,16-21H2. The maximum atomic E-state index is 13.5. The van der Waals surface area contributed by atoms with Crippen LogP contribution in [0.5, 0.6) is 0 Å². The normalized spacial score (nSPS) is 15.6. The Labute approximate surface area is 210 Å². The van der Waals surface area contributed by atoms with Gasteiger partial charge in [0.05, 0.1) is 23.1 Å². The molecule has 0 bridgehead atoms. The van der Waals surface area contributed by atoms with E-state index in [9.17, 15) is 8.42 Å². The van der Waals surface area contributed by atoms with Crippen LogP contribution in [0.4, 0.5) is 0 Å². The minimum absolute atomic E-state index is 0.277. The number of nitrogens with zero attached hydrogens (tertiary/aromatic N) is 5. The van der Waals surface area contributed by atoms with Gasteiger partial charge in [0.15, 0.2) is 0 Å². The van der Waals surface area contributed by atoms with Crippen molar-refractivity contribution in [3.05, 3.63) is 103 Å². The summed E-state index contributed by atoms with van der Waals surface area (Å²) in [5.41, 5.74) is 3.84. The largest absolute Gasteiger partial charge is 0.322 e. The molecule has 182 valence electrons. The molecule has 36 heavy (non-hydrogen) atoms. The van der Waals surface area contributed by atoms with E-state index in [0.717, 1.165) is 28.8 Å². The number of imidazole rings is 1. The van der Waals surface area contributed by atoms with E-state index in [1.165, 1.54) is 5.56 Å². The highest BCUT2D eigenvalue weighted by Gasteiger charge is 2.30. The molecule has 0 spiro atoms. The van der Waals surface area contributed by atoms with Crippen LogP contribution < -0.4 is 0 Å². The van der Waals surface area contributed by atoms with Crippen LogP contribution in [0.3, 0.4) is 0 Å². The summed E-state index contributed by atoms with van der Waals surface area (Å²) in [5.74, 6) is 0.995. The van der Waals surface area contributed by atoms with Crippen LogP contribution in [-0.4, -0.2) is 58.3 Å². The molecule has 2 aromatic heterocycles. The molecule has 1 aliphatic heterocycles. The highest BCUT2D eigenvalue weighted by atomic mass is 32.2. The lowest BCUT2D eigenvalue weighted by atomic mass is 10.2. The fraction of sp³-hybridized carbons (Fsp3) is 0.214. The van der Waals surface area contributed by atoms with Gasteiger partial charge >= 0.3 is 0 Å². The Balaban J connectivity index is 1.21. The Morgan fingerprint density at radius 1 is 0.750 bits per heavy atom. The monoisotopic (exact) mass is 497 g/mol.